The third-order valence-corrected chi connectivity index (χ3v) is 14.6. The van der Waals surface area contributed by atoms with Gasteiger partial charge in [0.2, 0.25) is 41.4 Å². The van der Waals surface area contributed by atoms with Crippen molar-refractivity contribution in [2.75, 3.05) is 26.7 Å². The number of aromatic hydroxyl groups is 1. The number of urea groups is 1. The zero-order valence-electron chi connectivity index (χ0n) is 49.1. The number of H-pyrrole nitrogens is 1. The lowest BCUT2D eigenvalue weighted by molar-refractivity contribution is -0.142. The summed E-state index contributed by atoms with van der Waals surface area (Å²) in [7, 11) is 1.50. The van der Waals surface area contributed by atoms with Gasteiger partial charge in [0.25, 0.3) is 0 Å². The van der Waals surface area contributed by atoms with Gasteiger partial charge in [-0.15, -0.1) is 0 Å². The highest BCUT2D eigenvalue weighted by molar-refractivity contribution is 5.99. The van der Waals surface area contributed by atoms with Crippen molar-refractivity contribution in [3.63, 3.8) is 0 Å². The predicted molar refractivity (Wildman–Crippen MR) is 318 cm³/mol. The molecule has 1 aromatic heterocycles. The second-order valence-corrected chi connectivity index (χ2v) is 22.1. The first-order valence-corrected chi connectivity index (χ1v) is 28.5. The Hall–Kier alpha value is -9.20. The minimum absolute atomic E-state index is 0.0265. The van der Waals surface area contributed by atoms with Gasteiger partial charge < -0.3 is 74.5 Å². The highest BCUT2D eigenvalue weighted by Gasteiger charge is 2.43. The van der Waals surface area contributed by atoms with Gasteiger partial charge in [-0.1, -0.05) is 81.4 Å². The van der Waals surface area contributed by atoms with Crippen LogP contribution in [0.5, 0.6) is 5.75 Å². The van der Waals surface area contributed by atoms with Crippen molar-refractivity contribution in [2.45, 2.75) is 134 Å². The number of nitrogens with two attached hydrogens (primary N) is 3. The van der Waals surface area contributed by atoms with Crippen molar-refractivity contribution >= 4 is 81.6 Å². The summed E-state index contributed by atoms with van der Waals surface area (Å²) < 4.78 is 0. The van der Waals surface area contributed by atoms with Crippen LogP contribution in [-0.4, -0.2) is 160 Å². The van der Waals surface area contributed by atoms with Crippen LogP contribution in [0.2, 0.25) is 0 Å². The number of nitrogens with one attached hydrogen (secondary N) is 8. The van der Waals surface area contributed by atoms with Crippen LogP contribution in [0.1, 0.15) is 89.3 Å². The molecule has 464 valence electrons. The topological polar surface area (TPSA) is 422 Å². The number of benzene rings is 3. The summed E-state index contributed by atoms with van der Waals surface area (Å²) in [5.74, 6) is -9.52. The molecule has 0 aliphatic carbocycles. The first-order chi connectivity index (χ1) is 40.8. The summed E-state index contributed by atoms with van der Waals surface area (Å²) in [6.45, 7) is 5.59. The number of hydrogen-bond acceptors (Lipinski definition) is 14. The number of primary amides is 2. The molecule has 1 aliphatic heterocycles. The summed E-state index contributed by atoms with van der Waals surface area (Å²) >= 11 is 0. The van der Waals surface area contributed by atoms with Crippen LogP contribution in [-0.2, 0) is 67.2 Å². The monoisotopic (exact) mass is 1190 g/mol. The molecule has 9 amide bonds. The van der Waals surface area contributed by atoms with E-state index in [4.69, 9.17) is 17.2 Å². The third kappa shape index (κ3) is 21.1. The van der Waals surface area contributed by atoms with Gasteiger partial charge in [0.15, 0.2) is 23.3 Å². The normalized spacial score (nSPS) is 16.5. The second kappa shape index (κ2) is 32.7. The number of carbonyl (C=O) groups is 11. The van der Waals surface area contributed by atoms with Crippen molar-refractivity contribution in [3.8, 4) is 5.75 Å². The number of rotatable bonds is 33. The number of aliphatic imine (C=N–C) groups is 1. The molecule has 4 aromatic rings. The van der Waals surface area contributed by atoms with E-state index in [1.807, 2.05) is 38.1 Å². The van der Waals surface area contributed by atoms with Crippen LogP contribution in [0.25, 0.3) is 10.9 Å². The Morgan fingerprint density at radius 1 is 0.686 bits per heavy atom. The fourth-order valence-electron chi connectivity index (χ4n) is 10.1. The number of phenols is 1. The van der Waals surface area contributed by atoms with E-state index in [2.05, 4.69) is 47.2 Å². The smallest absolute Gasteiger partial charge is 0.315 e. The molecule has 0 spiro atoms. The molecule has 1 saturated heterocycles. The van der Waals surface area contributed by atoms with Crippen LogP contribution >= 0.6 is 0 Å². The number of hydrogen-bond donors (Lipinski definition) is 13. The van der Waals surface area contributed by atoms with E-state index < -0.39 is 138 Å². The van der Waals surface area contributed by atoms with Gasteiger partial charge in [-0.2, -0.15) is 0 Å². The fourth-order valence-corrected chi connectivity index (χ4v) is 10.1. The first-order valence-electron chi connectivity index (χ1n) is 28.5. The Morgan fingerprint density at radius 2 is 1.33 bits per heavy atom. The van der Waals surface area contributed by atoms with Gasteiger partial charge in [0.1, 0.15) is 23.9 Å². The maximum absolute atomic E-state index is 14.2. The van der Waals surface area contributed by atoms with E-state index in [0.29, 0.717) is 24.1 Å². The van der Waals surface area contributed by atoms with Gasteiger partial charge in [-0.25, -0.2) is 4.79 Å². The molecule has 0 unspecified atom stereocenters. The lowest BCUT2D eigenvalue weighted by Gasteiger charge is -2.29. The van der Waals surface area contributed by atoms with E-state index in [1.54, 1.807) is 48.7 Å². The lowest BCUT2D eigenvalue weighted by Crippen LogP contribution is -2.56. The van der Waals surface area contributed by atoms with Gasteiger partial charge in [-0.05, 0) is 66.5 Å². The average molecular weight is 1190 g/mol. The summed E-state index contributed by atoms with van der Waals surface area (Å²) in [6.07, 6.45) is -0.711. The number of guanidine groups is 1. The predicted octanol–water partition coefficient (Wildman–Crippen LogP) is -0.0490. The number of nitrogens with zero attached hydrogens (tertiary/aromatic N) is 2. The number of fused-ring (bicyclic) bond motifs is 1. The number of aliphatic hydroxyl groups is 1. The van der Waals surface area contributed by atoms with Gasteiger partial charge in [-0.3, -0.25) is 52.9 Å². The minimum atomic E-state index is -1.59. The molecule has 16 N–H and O–H groups in total. The molecule has 86 heavy (non-hydrogen) atoms. The van der Waals surface area contributed by atoms with Crippen molar-refractivity contribution in [1.29, 1.82) is 0 Å². The Bertz CT molecular complexity index is 3080. The molecule has 2 heterocycles. The van der Waals surface area contributed by atoms with Crippen LogP contribution in [0.3, 0.4) is 0 Å². The number of aromatic nitrogens is 1. The molecule has 26 heteroatoms. The number of carbonyl (C=O) groups excluding carboxylic acids is 11. The van der Waals surface area contributed by atoms with Gasteiger partial charge in [0, 0.05) is 88.1 Å². The molecule has 1 aliphatic rings. The maximum atomic E-state index is 14.2. The standard InChI is InChI=1S/C60H81N13O13/c1-33(2)22-44(51(78)27-38(14-11-21-65-59(63)64-5)56(83)71-47(54(62)81)26-39-30-66-43-16-10-9-15-42(39)43)72-60(86)67-31-52(79)45(24-36-12-7-6-8-13-36)69-55(82)34(3)23-50(77)46(29-53(61)80)70-57(84)49-28-41(76)32-73(49)58(85)48(68-35(4)74)25-37-17-19-40(75)20-18-37/h6-10,12-13,15-20,30,33-34,38,41,44-49,66,75-76H,11,14,21-29,31-32H2,1-5H3,(H2,61,80)(H2,62,81)(H,68,74)(H,69,82)(H,70,84)(H,71,83)(H3,63,64,65)(H2,67,72,86)/t34-,38+,41+,44-,45-,46-,47-,48+,49-/m0/s1. The Morgan fingerprint density at radius 3 is 1.98 bits per heavy atom. The Labute approximate surface area is 498 Å². The van der Waals surface area contributed by atoms with E-state index in [0.717, 1.165) is 21.4 Å². The number of likely N-dealkylation sites (tertiary alicyclic amines) is 1. The SMILES string of the molecule is CN=C(N)NCCC[C@H](CC(=O)[C@H](CC(C)C)NC(=O)NCC(=O)[C@H](Cc1ccccc1)NC(=O)[C@@H](C)CC(=O)[C@H](CC(N)=O)NC(=O)[C@@H]1C[C@@H](O)CN1C(=O)[C@@H](Cc1ccc(O)cc1)NC(C)=O)C(=O)N[C@@H](Cc1c[nH]c2ccccc12)C(N)=O. The van der Waals surface area contributed by atoms with Crippen LogP contribution in [0.4, 0.5) is 4.79 Å². The zero-order valence-corrected chi connectivity index (χ0v) is 49.1. The molecule has 5 rings (SSSR count). The number of phenolic OH excluding ortho intramolecular Hbond substituents is 1. The number of β-amino-alcohol motifs (C(OH)–C–C–N with tert-alkyl or cyclic N) is 1. The van der Waals surface area contributed by atoms with Gasteiger partial charge >= 0.3 is 6.03 Å². The Kier molecular flexibility index (Phi) is 25.7. The molecular formula is C60H81N13O13. The average Bonchev–Trinajstić information content (AvgIpc) is 3.95. The number of para-hydroxylation sites is 1. The number of aromatic amines is 1. The molecular weight excluding hydrogens is 1110 g/mol. The van der Waals surface area contributed by atoms with Crippen molar-refractivity contribution in [2.24, 2.45) is 39.9 Å². The van der Waals surface area contributed by atoms with Crippen LogP contribution < -0.4 is 54.4 Å². The van der Waals surface area contributed by atoms with E-state index in [-0.39, 0.29) is 69.1 Å². The van der Waals surface area contributed by atoms with Crippen molar-refractivity contribution < 1.29 is 63.0 Å². The van der Waals surface area contributed by atoms with Crippen molar-refractivity contribution in [3.05, 3.63) is 102 Å². The molecule has 1 fully saturated rings. The van der Waals surface area contributed by atoms with Crippen molar-refractivity contribution in [1.82, 2.24) is 47.1 Å². The Balaban J connectivity index is 1.24. The minimum Gasteiger partial charge on any atom is -0.508 e. The third-order valence-electron chi connectivity index (χ3n) is 14.6. The van der Waals surface area contributed by atoms with E-state index in [1.165, 1.54) is 33.0 Å². The first kappa shape index (κ1) is 67.6. The maximum Gasteiger partial charge on any atom is 0.315 e. The summed E-state index contributed by atoms with van der Waals surface area (Å²) in [5.41, 5.74) is 19.9. The highest BCUT2D eigenvalue weighted by atomic mass is 16.3. The van der Waals surface area contributed by atoms with Crippen LogP contribution in [0.15, 0.2) is 90.1 Å². The molecule has 0 radical (unpaired) electrons. The largest absolute Gasteiger partial charge is 0.508 e. The number of Topliss-reactive ketones (excluding diaryl/α,β-unsaturated/α-hetero) is 3. The quantitative estimate of drug-likeness (QED) is 0.0169. The number of amides is 9. The number of ketones is 3. The molecule has 0 saturated carbocycles. The second-order valence-electron chi connectivity index (χ2n) is 22.1. The van der Waals surface area contributed by atoms with E-state index in [9.17, 15) is 63.0 Å². The molecule has 3 aromatic carbocycles. The molecule has 9 atom stereocenters. The molecule has 26 nitrogen and oxygen atoms in total. The summed E-state index contributed by atoms with van der Waals surface area (Å²) in [4.78, 5) is 157. The molecule has 0 bridgehead atoms. The van der Waals surface area contributed by atoms with E-state index >= 15 is 0 Å². The fraction of sp³-hybridized carbons (Fsp3) is 0.467. The summed E-state index contributed by atoms with van der Waals surface area (Å²) in [5, 5.41) is 39.8. The van der Waals surface area contributed by atoms with Gasteiger partial charge in [0.05, 0.1) is 37.2 Å². The zero-order chi connectivity index (χ0) is 63.2. The lowest BCUT2D eigenvalue weighted by atomic mass is 9.90. The highest BCUT2D eigenvalue weighted by Crippen LogP contribution is 2.24. The summed E-state index contributed by atoms with van der Waals surface area (Å²) in [6, 6.07) is 13.3. The number of aliphatic hydroxyl groups excluding tert-OH is 1. The van der Waals surface area contributed by atoms with Crippen LogP contribution in [0, 0.1) is 17.8 Å².